The summed E-state index contributed by atoms with van der Waals surface area (Å²) in [5.74, 6) is 1.95. The van der Waals surface area contributed by atoms with Crippen LogP contribution in [0.15, 0.2) is 4.52 Å². The number of amides is 2. The van der Waals surface area contributed by atoms with Gasteiger partial charge in [0.1, 0.15) is 0 Å². The summed E-state index contributed by atoms with van der Waals surface area (Å²) in [5.41, 5.74) is 0. The van der Waals surface area contributed by atoms with Crippen molar-refractivity contribution in [2.45, 2.75) is 44.6 Å². The van der Waals surface area contributed by atoms with Gasteiger partial charge in [-0.15, -0.1) is 0 Å². The van der Waals surface area contributed by atoms with Crippen molar-refractivity contribution in [2.24, 2.45) is 0 Å². The summed E-state index contributed by atoms with van der Waals surface area (Å²) >= 11 is 0. The minimum absolute atomic E-state index is 0.0582. The zero-order valence-electron chi connectivity index (χ0n) is 13.2. The topological polar surface area (TPSA) is 105 Å². The summed E-state index contributed by atoms with van der Waals surface area (Å²) in [7, 11) is -3.00. The Kier molecular flexibility index (Phi) is 4.56. The molecule has 1 aliphatic heterocycles. The summed E-state index contributed by atoms with van der Waals surface area (Å²) in [6.07, 6.45) is 3.22. The lowest BCUT2D eigenvalue weighted by Crippen LogP contribution is -2.47. The van der Waals surface area contributed by atoms with Crippen molar-refractivity contribution < 1.29 is 17.7 Å². The van der Waals surface area contributed by atoms with Crippen LogP contribution in [0.3, 0.4) is 0 Å². The molecular formula is C14H22N4O4S. The molecule has 2 fully saturated rings. The van der Waals surface area contributed by atoms with E-state index in [0.717, 1.165) is 18.7 Å². The lowest BCUT2D eigenvalue weighted by Gasteiger charge is -2.26. The molecule has 2 heterocycles. The zero-order valence-corrected chi connectivity index (χ0v) is 14.0. The molecule has 0 radical (unpaired) electrons. The number of aromatic nitrogens is 2. The SMILES string of the molecule is CCN(C(=O)NCCc1nc(C2CC2)no1)C1CCS(=O)(=O)C1. The summed E-state index contributed by atoms with van der Waals surface area (Å²) in [6.45, 7) is 2.73. The number of carbonyl (C=O) groups is 1. The third kappa shape index (κ3) is 4.01. The molecule has 1 unspecified atom stereocenters. The van der Waals surface area contributed by atoms with Gasteiger partial charge in [-0.25, -0.2) is 13.2 Å². The Hall–Kier alpha value is -1.64. The second-order valence-corrected chi connectivity index (χ2v) is 8.37. The van der Waals surface area contributed by atoms with Gasteiger partial charge in [-0.05, 0) is 26.2 Å². The van der Waals surface area contributed by atoms with Crippen molar-refractivity contribution >= 4 is 15.9 Å². The Morgan fingerprint density at radius 3 is 2.78 bits per heavy atom. The predicted octanol–water partition coefficient (Wildman–Crippen LogP) is 0.708. The Morgan fingerprint density at radius 2 is 2.17 bits per heavy atom. The van der Waals surface area contributed by atoms with Crippen LogP contribution < -0.4 is 5.32 Å². The van der Waals surface area contributed by atoms with Crippen molar-refractivity contribution in [1.29, 1.82) is 0 Å². The van der Waals surface area contributed by atoms with Crippen molar-refractivity contribution in [2.75, 3.05) is 24.6 Å². The van der Waals surface area contributed by atoms with Crippen LogP contribution in [0.1, 0.15) is 43.8 Å². The van der Waals surface area contributed by atoms with E-state index in [1.807, 2.05) is 6.92 Å². The molecule has 1 N–H and O–H groups in total. The van der Waals surface area contributed by atoms with Gasteiger partial charge in [-0.3, -0.25) is 0 Å². The van der Waals surface area contributed by atoms with Gasteiger partial charge >= 0.3 is 6.03 Å². The first kappa shape index (κ1) is 16.2. The van der Waals surface area contributed by atoms with Crippen LogP contribution in [0.2, 0.25) is 0 Å². The van der Waals surface area contributed by atoms with Gasteiger partial charge in [0.15, 0.2) is 15.7 Å². The molecule has 23 heavy (non-hydrogen) atoms. The number of nitrogens with zero attached hydrogens (tertiary/aromatic N) is 3. The highest BCUT2D eigenvalue weighted by atomic mass is 32.2. The lowest BCUT2D eigenvalue weighted by atomic mass is 10.2. The highest BCUT2D eigenvalue weighted by Crippen LogP contribution is 2.38. The fourth-order valence-electron chi connectivity index (χ4n) is 2.84. The molecule has 1 aromatic rings. The maximum absolute atomic E-state index is 12.2. The second kappa shape index (κ2) is 6.46. The molecule has 0 bridgehead atoms. The molecule has 1 saturated heterocycles. The number of rotatable bonds is 6. The van der Waals surface area contributed by atoms with Gasteiger partial charge in [0.05, 0.1) is 11.5 Å². The summed E-state index contributed by atoms with van der Waals surface area (Å²) < 4.78 is 28.3. The minimum atomic E-state index is -3.00. The first-order chi connectivity index (χ1) is 11.0. The molecule has 0 spiro atoms. The number of hydrogen-bond acceptors (Lipinski definition) is 6. The van der Waals surface area contributed by atoms with Gasteiger partial charge < -0.3 is 14.7 Å². The van der Waals surface area contributed by atoms with E-state index in [4.69, 9.17) is 4.52 Å². The van der Waals surface area contributed by atoms with Crippen molar-refractivity contribution in [3.63, 3.8) is 0 Å². The molecule has 128 valence electrons. The molecule has 3 rings (SSSR count). The number of sulfone groups is 1. The van der Waals surface area contributed by atoms with Crippen LogP contribution >= 0.6 is 0 Å². The van der Waals surface area contributed by atoms with Gasteiger partial charge in [-0.1, -0.05) is 5.16 Å². The fourth-order valence-corrected chi connectivity index (χ4v) is 4.57. The van der Waals surface area contributed by atoms with Crippen molar-refractivity contribution in [1.82, 2.24) is 20.4 Å². The van der Waals surface area contributed by atoms with E-state index in [1.165, 1.54) is 0 Å². The van der Waals surface area contributed by atoms with Gasteiger partial charge in [0, 0.05) is 31.5 Å². The molecule has 9 heteroatoms. The molecule has 1 saturated carbocycles. The summed E-state index contributed by atoms with van der Waals surface area (Å²) in [6, 6.07) is -0.466. The summed E-state index contributed by atoms with van der Waals surface area (Å²) in [4.78, 5) is 18.1. The van der Waals surface area contributed by atoms with E-state index in [9.17, 15) is 13.2 Å². The van der Waals surface area contributed by atoms with Crippen LogP contribution in [0.5, 0.6) is 0 Å². The van der Waals surface area contributed by atoms with Crippen molar-refractivity contribution in [3.05, 3.63) is 11.7 Å². The number of hydrogen-bond donors (Lipinski definition) is 1. The van der Waals surface area contributed by atoms with E-state index < -0.39 is 9.84 Å². The normalized spacial score (nSPS) is 22.9. The Morgan fingerprint density at radius 1 is 1.39 bits per heavy atom. The van der Waals surface area contributed by atoms with E-state index in [2.05, 4.69) is 15.5 Å². The van der Waals surface area contributed by atoms with Crippen LogP contribution in [-0.4, -0.2) is 60.1 Å². The Labute approximate surface area is 135 Å². The maximum atomic E-state index is 12.2. The van der Waals surface area contributed by atoms with Gasteiger partial charge in [0.2, 0.25) is 5.89 Å². The van der Waals surface area contributed by atoms with Gasteiger partial charge in [-0.2, -0.15) is 4.98 Å². The van der Waals surface area contributed by atoms with E-state index in [1.54, 1.807) is 4.90 Å². The zero-order chi connectivity index (χ0) is 16.4. The third-order valence-corrected chi connectivity index (χ3v) is 6.04. The van der Waals surface area contributed by atoms with Crippen LogP contribution in [0.25, 0.3) is 0 Å². The Bertz CT molecular complexity index is 668. The quantitative estimate of drug-likeness (QED) is 0.816. The molecular weight excluding hydrogens is 320 g/mol. The van der Waals surface area contributed by atoms with Crippen LogP contribution in [0.4, 0.5) is 4.79 Å². The maximum Gasteiger partial charge on any atom is 0.317 e. The van der Waals surface area contributed by atoms with Crippen LogP contribution in [-0.2, 0) is 16.3 Å². The number of urea groups is 1. The third-order valence-electron chi connectivity index (χ3n) is 4.29. The highest BCUT2D eigenvalue weighted by molar-refractivity contribution is 7.91. The Balaban J connectivity index is 1.47. The number of nitrogens with one attached hydrogen (secondary N) is 1. The van der Waals surface area contributed by atoms with Crippen LogP contribution in [0, 0.1) is 0 Å². The first-order valence-corrected chi connectivity index (χ1v) is 9.88. The highest BCUT2D eigenvalue weighted by Gasteiger charge is 2.34. The molecule has 1 aromatic heterocycles. The lowest BCUT2D eigenvalue weighted by molar-refractivity contribution is 0.183. The molecule has 8 nitrogen and oxygen atoms in total. The number of carbonyl (C=O) groups excluding carboxylic acids is 1. The second-order valence-electron chi connectivity index (χ2n) is 6.15. The van der Waals surface area contributed by atoms with Gasteiger partial charge in [0.25, 0.3) is 0 Å². The average Bonchev–Trinajstić information content (AvgIpc) is 3.14. The molecule has 2 aliphatic rings. The monoisotopic (exact) mass is 342 g/mol. The van der Waals surface area contributed by atoms with E-state index in [0.29, 0.717) is 37.7 Å². The molecule has 1 aliphatic carbocycles. The largest absolute Gasteiger partial charge is 0.339 e. The smallest absolute Gasteiger partial charge is 0.317 e. The van der Waals surface area contributed by atoms with E-state index in [-0.39, 0.29) is 23.6 Å². The van der Waals surface area contributed by atoms with E-state index >= 15 is 0 Å². The molecule has 2 amide bonds. The fraction of sp³-hybridized carbons (Fsp3) is 0.786. The standard InChI is InChI=1S/C14H22N4O4S/c1-2-18(11-6-8-23(20,21)9-11)14(19)15-7-5-12-16-13(17-22-12)10-3-4-10/h10-11H,2-9H2,1H3,(H,15,19). The predicted molar refractivity (Wildman–Crippen MR) is 82.8 cm³/mol. The first-order valence-electron chi connectivity index (χ1n) is 8.06. The minimum Gasteiger partial charge on any atom is -0.339 e. The van der Waals surface area contributed by atoms with Crippen molar-refractivity contribution in [3.8, 4) is 0 Å². The summed E-state index contributed by atoms with van der Waals surface area (Å²) in [5, 5.41) is 6.74. The molecule has 1 atom stereocenters. The average molecular weight is 342 g/mol. The molecule has 0 aromatic carbocycles.